The summed E-state index contributed by atoms with van der Waals surface area (Å²) in [6.45, 7) is 7.91. The van der Waals surface area contributed by atoms with Gasteiger partial charge in [0, 0.05) is 6.04 Å². The number of aryl methyl sites for hydroxylation is 1. The monoisotopic (exact) mass is 239 g/mol. The van der Waals surface area contributed by atoms with Gasteiger partial charge in [0.05, 0.1) is 0 Å². The van der Waals surface area contributed by atoms with Crippen molar-refractivity contribution in [3.05, 3.63) is 22.4 Å². The smallest absolute Gasteiger partial charge is 0.00694 e. The second kappa shape index (κ2) is 7.86. The van der Waals surface area contributed by atoms with Crippen molar-refractivity contribution in [1.29, 1.82) is 0 Å². The van der Waals surface area contributed by atoms with Crippen LogP contribution in [0.15, 0.2) is 16.8 Å². The molecule has 1 atom stereocenters. The van der Waals surface area contributed by atoms with Crippen LogP contribution in [0.25, 0.3) is 0 Å². The van der Waals surface area contributed by atoms with Crippen molar-refractivity contribution >= 4 is 11.3 Å². The first-order valence-corrected chi connectivity index (χ1v) is 7.41. The lowest BCUT2D eigenvalue weighted by molar-refractivity contribution is 0.397. The molecular weight excluding hydrogens is 214 g/mol. The van der Waals surface area contributed by atoms with Gasteiger partial charge in [0.2, 0.25) is 0 Å². The minimum Gasteiger partial charge on any atom is -0.314 e. The van der Waals surface area contributed by atoms with Gasteiger partial charge in [-0.3, -0.25) is 0 Å². The molecule has 0 spiro atoms. The molecule has 0 aromatic carbocycles. The molecule has 1 heterocycles. The summed E-state index contributed by atoms with van der Waals surface area (Å²) in [6, 6.07) is 2.96. The first-order chi connectivity index (χ1) is 7.72. The molecule has 1 unspecified atom stereocenters. The fraction of sp³-hybridized carbons (Fsp3) is 0.714. The molecule has 0 fully saturated rings. The van der Waals surface area contributed by atoms with E-state index < -0.39 is 0 Å². The number of hydrogen-bond acceptors (Lipinski definition) is 2. The van der Waals surface area contributed by atoms with Crippen molar-refractivity contribution in [2.75, 3.05) is 6.54 Å². The molecule has 1 nitrogen and oxygen atoms in total. The lowest BCUT2D eigenvalue weighted by Gasteiger charge is -2.19. The van der Waals surface area contributed by atoms with Crippen LogP contribution in [-0.2, 0) is 6.42 Å². The van der Waals surface area contributed by atoms with Crippen molar-refractivity contribution < 1.29 is 0 Å². The van der Waals surface area contributed by atoms with Gasteiger partial charge in [-0.05, 0) is 60.5 Å². The molecule has 92 valence electrons. The van der Waals surface area contributed by atoms with Crippen LogP contribution in [0.2, 0.25) is 0 Å². The van der Waals surface area contributed by atoms with Gasteiger partial charge < -0.3 is 5.32 Å². The highest BCUT2D eigenvalue weighted by Crippen LogP contribution is 2.14. The molecule has 2 heteroatoms. The predicted octanol–water partition coefficient (Wildman–Crippen LogP) is 4.10. The van der Waals surface area contributed by atoms with Crippen LogP contribution in [0, 0.1) is 5.92 Å². The average molecular weight is 239 g/mol. The van der Waals surface area contributed by atoms with Gasteiger partial charge in [-0.15, -0.1) is 0 Å². The molecule has 0 saturated heterocycles. The molecule has 0 amide bonds. The van der Waals surface area contributed by atoms with E-state index in [4.69, 9.17) is 0 Å². The zero-order valence-corrected chi connectivity index (χ0v) is 11.6. The molecule has 0 aliphatic rings. The Morgan fingerprint density at radius 3 is 2.75 bits per heavy atom. The third kappa shape index (κ3) is 5.66. The first-order valence-electron chi connectivity index (χ1n) is 6.46. The van der Waals surface area contributed by atoms with E-state index in [9.17, 15) is 0 Å². The van der Waals surface area contributed by atoms with Gasteiger partial charge in [-0.25, -0.2) is 0 Å². The highest BCUT2D eigenvalue weighted by atomic mass is 32.1. The minimum atomic E-state index is 0.712. The summed E-state index contributed by atoms with van der Waals surface area (Å²) >= 11 is 1.80. The Kier molecular flexibility index (Phi) is 6.74. The maximum atomic E-state index is 3.60. The lowest BCUT2D eigenvalue weighted by atomic mass is 9.98. The van der Waals surface area contributed by atoms with E-state index in [1.807, 2.05) is 0 Å². The Hall–Kier alpha value is -0.340. The zero-order chi connectivity index (χ0) is 11.8. The fourth-order valence-corrected chi connectivity index (χ4v) is 2.85. The van der Waals surface area contributed by atoms with E-state index in [0.717, 1.165) is 12.5 Å². The predicted molar refractivity (Wildman–Crippen MR) is 74.2 cm³/mol. The van der Waals surface area contributed by atoms with Crippen LogP contribution in [0.4, 0.5) is 0 Å². The SMILES string of the molecule is CCNC(CCCc1ccsc1)CC(C)C. The molecule has 16 heavy (non-hydrogen) atoms. The highest BCUT2D eigenvalue weighted by Gasteiger charge is 2.09. The topological polar surface area (TPSA) is 12.0 Å². The average Bonchev–Trinajstić information content (AvgIpc) is 2.70. The normalized spacial score (nSPS) is 13.2. The second-order valence-electron chi connectivity index (χ2n) is 4.91. The third-order valence-electron chi connectivity index (χ3n) is 2.85. The standard InChI is InChI=1S/C14H25NS/c1-4-15-14(10-12(2)3)7-5-6-13-8-9-16-11-13/h8-9,11-12,14-15H,4-7,10H2,1-3H3. The highest BCUT2D eigenvalue weighted by molar-refractivity contribution is 7.07. The largest absolute Gasteiger partial charge is 0.314 e. The van der Waals surface area contributed by atoms with Crippen LogP contribution in [0.1, 0.15) is 45.6 Å². The van der Waals surface area contributed by atoms with Crippen LogP contribution < -0.4 is 5.32 Å². The van der Waals surface area contributed by atoms with Crippen LogP contribution in [0.3, 0.4) is 0 Å². The molecule has 0 bridgehead atoms. The van der Waals surface area contributed by atoms with Gasteiger partial charge in [0.25, 0.3) is 0 Å². The van der Waals surface area contributed by atoms with Crippen molar-refractivity contribution in [1.82, 2.24) is 5.32 Å². The summed E-state index contributed by atoms with van der Waals surface area (Å²) < 4.78 is 0. The molecule has 1 aromatic heterocycles. The molecule has 1 rings (SSSR count). The minimum absolute atomic E-state index is 0.712. The summed E-state index contributed by atoms with van der Waals surface area (Å²) in [5, 5.41) is 8.04. The Balaban J connectivity index is 2.21. The molecule has 0 aliphatic heterocycles. The molecule has 1 aromatic rings. The molecule has 0 aliphatic carbocycles. The Morgan fingerprint density at radius 2 is 2.19 bits per heavy atom. The van der Waals surface area contributed by atoms with E-state index in [-0.39, 0.29) is 0 Å². The summed E-state index contributed by atoms with van der Waals surface area (Å²) in [5.74, 6) is 0.796. The number of hydrogen-bond donors (Lipinski definition) is 1. The van der Waals surface area contributed by atoms with Gasteiger partial charge in [0.1, 0.15) is 0 Å². The third-order valence-corrected chi connectivity index (χ3v) is 3.58. The zero-order valence-electron chi connectivity index (χ0n) is 10.8. The van der Waals surface area contributed by atoms with E-state index in [1.54, 1.807) is 11.3 Å². The van der Waals surface area contributed by atoms with Crippen molar-refractivity contribution in [2.24, 2.45) is 5.92 Å². The summed E-state index contributed by atoms with van der Waals surface area (Å²) in [7, 11) is 0. The fourth-order valence-electron chi connectivity index (χ4n) is 2.15. The van der Waals surface area contributed by atoms with Gasteiger partial charge in [-0.2, -0.15) is 11.3 Å². The summed E-state index contributed by atoms with van der Waals surface area (Å²) in [5.41, 5.74) is 1.50. The Labute approximate surface area is 104 Å². The Morgan fingerprint density at radius 1 is 1.38 bits per heavy atom. The Bertz CT molecular complexity index is 254. The summed E-state index contributed by atoms with van der Waals surface area (Å²) in [6.07, 6.45) is 5.16. The maximum Gasteiger partial charge on any atom is 0.00694 e. The van der Waals surface area contributed by atoms with E-state index in [0.29, 0.717) is 6.04 Å². The number of nitrogens with one attached hydrogen (secondary N) is 1. The quantitative estimate of drug-likeness (QED) is 0.720. The first kappa shape index (κ1) is 13.7. The van der Waals surface area contributed by atoms with Crippen LogP contribution >= 0.6 is 11.3 Å². The molecule has 0 saturated carbocycles. The van der Waals surface area contributed by atoms with Crippen molar-refractivity contribution in [3.8, 4) is 0 Å². The second-order valence-corrected chi connectivity index (χ2v) is 5.69. The van der Waals surface area contributed by atoms with Gasteiger partial charge in [0.15, 0.2) is 0 Å². The van der Waals surface area contributed by atoms with Crippen LogP contribution in [0.5, 0.6) is 0 Å². The lowest BCUT2D eigenvalue weighted by Crippen LogP contribution is -2.30. The van der Waals surface area contributed by atoms with Gasteiger partial charge in [-0.1, -0.05) is 20.8 Å². The molecule has 0 radical (unpaired) electrons. The van der Waals surface area contributed by atoms with Crippen molar-refractivity contribution in [2.45, 2.75) is 52.5 Å². The van der Waals surface area contributed by atoms with Crippen LogP contribution in [-0.4, -0.2) is 12.6 Å². The van der Waals surface area contributed by atoms with E-state index in [2.05, 4.69) is 42.9 Å². The molecule has 1 N–H and O–H groups in total. The van der Waals surface area contributed by atoms with Crippen molar-refractivity contribution in [3.63, 3.8) is 0 Å². The molecular formula is C14H25NS. The number of thiophene rings is 1. The number of rotatable bonds is 8. The summed E-state index contributed by atoms with van der Waals surface area (Å²) in [4.78, 5) is 0. The van der Waals surface area contributed by atoms with E-state index in [1.165, 1.54) is 31.2 Å². The van der Waals surface area contributed by atoms with E-state index >= 15 is 0 Å². The maximum absolute atomic E-state index is 3.60. The van der Waals surface area contributed by atoms with Gasteiger partial charge >= 0.3 is 0 Å².